The fourth-order valence-electron chi connectivity index (χ4n) is 1.22. The van der Waals surface area contributed by atoms with Gasteiger partial charge in [0.15, 0.2) is 0 Å². The van der Waals surface area contributed by atoms with Crippen molar-refractivity contribution in [3.63, 3.8) is 0 Å². The molecular formula is C9H7F2NOS. The summed E-state index contributed by atoms with van der Waals surface area (Å²) in [5, 5.41) is 0.838. The highest BCUT2D eigenvalue weighted by Gasteiger charge is 2.10. The van der Waals surface area contributed by atoms with Crippen LogP contribution in [0.3, 0.4) is 0 Å². The summed E-state index contributed by atoms with van der Waals surface area (Å²) in [7, 11) is 0. The maximum absolute atomic E-state index is 12.0. The maximum atomic E-state index is 12.0. The third-order valence-electron chi connectivity index (χ3n) is 1.70. The lowest BCUT2D eigenvalue weighted by molar-refractivity contribution is -0.0486. The predicted octanol–water partition coefficient (Wildman–Crippen LogP) is 3.21. The molecule has 0 N–H and O–H groups in total. The van der Waals surface area contributed by atoms with Crippen LogP contribution < -0.4 is 4.74 Å². The van der Waals surface area contributed by atoms with E-state index in [9.17, 15) is 8.78 Å². The summed E-state index contributed by atoms with van der Waals surface area (Å²) in [6, 6.07) is 4.95. The Kier molecular flexibility index (Phi) is 2.33. The van der Waals surface area contributed by atoms with E-state index in [0.717, 1.165) is 5.01 Å². The minimum Gasteiger partial charge on any atom is -0.433 e. The number of hydrogen-bond donors (Lipinski definition) is 0. The molecular weight excluding hydrogens is 208 g/mol. The summed E-state index contributed by atoms with van der Waals surface area (Å²) in [6.45, 7) is -0.959. The lowest BCUT2D eigenvalue weighted by Gasteiger charge is -2.03. The van der Waals surface area contributed by atoms with Gasteiger partial charge in [-0.25, -0.2) is 4.98 Å². The molecule has 0 aliphatic heterocycles. The maximum Gasteiger partial charge on any atom is 0.387 e. The van der Waals surface area contributed by atoms with Crippen LogP contribution >= 0.6 is 11.3 Å². The van der Waals surface area contributed by atoms with Gasteiger partial charge in [0.2, 0.25) is 0 Å². The molecule has 0 bridgehead atoms. The van der Waals surface area contributed by atoms with Crippen LogP contribution in [-0.4, -0.2) is 11.6 Å². The number of alkyl halides is 2. The Balaban J connectivity index is 2.53. The van der Waals surface area contributed by atoms with Crippen LogP contribution in [0.25, 0.3) is 10.2 Å². The van der Waals surface area contributed by atoms with E-state index in [4.69, 9.17) is 0 Å². The number of thiazole rings is 1. The number of aryl methyl sites for hydroxylation is 1. The standard InChI is InChI=1S/C9H7F2NOS/c1-5-12-6-3-2-4-7(8(6)14-5)13-9(10)11/h2-4,9H,1H3. The number of ether oxygens (including phenoxy) is 1. The molecule has 2 rings (SSSR count). The van der Waals surface area contributed by atoms with E-state index >= 15 is 0 Å². The molecule has 0 fully saturated rings. The lowest BCUT2D eigenvalue weighted by Crippen LogP contribution is -2.01. The van der Waals surface area contributed by atoms with Crippen LogP contribution in [0, 0.1) is 6.92 Å². The van der Waals surface area contributed by atoms with Crippen LogP contribution in [0.5, 0.6) is 5.75 Å². The molecule has 0 radical (unpaired) electrons. The monoisotopic (exact) mass is 215 g/mol. The zero-order chi connectivity index (χ0) is 10.1. The SMILES string of the molecule is Cc1nc2cccc(OC(F)F)c2s1. The van der Waals surface area contributed by atoms with Crippen molar-refractivity contribution < 1.29 is 13.5 Å². The number of rotatable bonds is 2. The van der Waals surface area contributed by atoms with Gasteiger partial charge in [-0.2, -0.15) is 8.78 Å². The minimum atomic E-state index is -2.79. The Bertz CT molecular complexity index is 455. The summed E-state index contributed by atoms with van der Waals surface area (Å²) in [5.74, 6) is 0.197. The van der Waals surface area contributed by atoms with Gasteiger partial charge in [-0.05, 0) is 19.1 Å². The van der Waals surface area contributed by atoms with E-state index in [0.29, 0.717) is 10.2 Å². The third-order valence-corrected chi connectivity index (χ3v) is 2.70. The van der Waals surface area contributed by atoms with E-state index < -0.39 is 6.61 Å². The molecule has 14 heavy (non-hydrogen) atoms. The molecule has 0 saturated carbocycles. The largest absolute Gasteiger partial charge is 0.433 e. The molecule has 1 heterocycles. The Labute approximate surface area is 83.1 Å². The van der Waals surface area contributed by atoms with Gasteiger partial charge in [0.05, 0.1) is 15.2 Å². The average molecular weight is 215 g/mol. The third kappa shape index (κ3) is 1.68. The zero-order valence-electron chi connectivity index (χ0n) is 7.33. The first-order valence-electron chi connectivity index (χ1n) is 3.98. The second-order valence-electron chi connectivity index (χ2n) is 2.72. The summed E-state index contributed by atoms with van der Waals surface area (Å²) in [5.41, 5.74) is 0.700. The average Bonchev–Trinajstić information content (AvgIpc) is 2.45. The van der Waals surface area contributed by atoms with Gasteiger partial charge in [0.25, 0.3) is 0 Å². The van der Waals surface area contributed by atoms with Gasteiger partial charge in [0, 0.05) is 0 Å². The van der Waals surface area contributed by atoms with Crippen LogP contribution in [0.4, 0.5) is 8.78 Å². The number of halogens is 2. The highest BCUT2D eigenvalue weighted by atomic mass is 32.1. The first-order valence-corrected chi connectivity index (χ1v) is 4.79. The van der Waals surface area contributed by atoms with Crippen molar-refractivity contribution in [3.8, 4) is 5.75 Å². The van der Waals surface area contributed by atoms with E-state index in [1.165, 1.54) is 17.4 Å². The van der Waals surface area contributed by atoms with Gasteiger partial charge in [-0.3, -0.25) is 0 Å². The molecule has 2 nitrogen and oxygen atoms in total. The summed E-state index contributed by atoms with van der Waals surface area (Å²) >= 11 is 1.35. The highest BCUT2D eigenvalue weighted by molar-refractivity contribution is 7.18. The van der Waals surface area contributed by atoms with E-state index in [-0.39, 0.29) is 5.75 Å². The van der Waals surface area contributed by atoms with Crippen molar-refractivity contribution in [2.24, 2.45) is 0 Å². The second-order valence-corrected chi connectivity index (χ2v) is 3.92. The Morgan fingerprint density at radius 3 is 2.93 bits per heavy atom. The van der Waals surface area contributed by atoms with Crippen molar-refractivity contribution in [1.82, 2.24) is 4.98 Å². The normalized spacial score (nSPS) is 11.1. The lowest BCUT2D eigenvalue weighted by atomic mass is 10.3. The number of nitrogens with zero attached hydrogens (tertiary/aromatic N) is 1. The van der Waals surface area contributed by atoms with Crippen LogP contribution in [-0.2, 0) is 0 Å². The quantitative estimate of drug-likeness (QED) is 0.767. The Morgan fingerprint density at radius 2 is 2.21 bits per heavy atom. The molecule has 0 saturated heterocycles. The summed E-state index contributed by atoms with van der Waals surface area (Å²) in [6.07, 6.45) is 0. The van der Waals surface area contributed by atoms with E-state index in [2.05, 4.69) is 9.72 Å². The van der Waals surface area contributed by atoms with Gasteiger partial charge < -0.3 is 4.74 Å². The minimum absolute atomic E-state index is 0.197. The molecule has 2 aromatic rings. The fraction of sp³-hybridized carbons (Fsp3) is 0.222. The molecule has 0 aliphatic carbocycles. The zero-order valence-corrected chi connectivity index (χ0v) is 8.15. The highest BCUT2D eigenvalue weighted by Crippen LogP contribution is 2.31. The topological polar surface area (TPSA) is 22.1 Å². The molecule has 0 amide bonds. The first kappa shape index (κ1) is 9.33. The molecule has 0 aliphatic rings. The van der Waals surface area contributed by atoms with Gasteiger partial charge >= 0.3 is 6.61 Å². The van der Waals surface area contributed by atoms with Crippen molar-refractivity contribution in [1.29, 1.82) is 0 Å². The second kappa shape index (κ2) is 3.49. The van der Waals surface area contributed by atoms with Crippen LogP contribution in [0.1, 0.15) is 5.01 Å². The molecule has 0 unspecified atom stereocenters. The smallest absolute Gasteiger partial charge is 0.387 e. The molecule has 1 aromatic heterocycles. The molecule has 0 atom stereocenters. The van der Waals surface area contributed by atoms with Crippen molar-refractivity contribution in [2.45, 2.75) is 13.5 Å². The van der Waals surface area contributed by atoms with Crippen LogP contribution in [0.2, 0.25) is 0 Å². The number of fused-ring (bicyclic) bond motifs is 1. The Hall–Kier alpha value is -1.23. The van der Waals surface area contributed by atoms with Crippen molar-refractivity contribution >= 4 is 21.6 Å². The van der Waals surface area contributed by atoms with Gasteiger partial charge in [-0.1, -0.05) is 6.07 Å². The first-order chi connectivity index (χ1) is 6.66. The van der Waals surface area contributed by atoms with Crippen LogP contribution in [0.15, 0.2) is 18.2 Å². The molecule has 74 valence electrons. The number of hydrogen-bond acceptors (Lipinski definition) is 3. The van der Waals surface area contributed by atoms with Gasteiger partial charge in [-0.15, -0.1) is 11.3 Å². The number of benzene rings is 1. The molecule has 5 heteroatoms. The van der Waals surface area contributed by atoms with E-state index in [1.807, 2.05) is 6.92 Å². The van der Waals surface area contributed by atoms with E-state index in [1.54, 1.807) is 12.1 Å². The molecule has 1 aromatic carbocycles. The Morgan fingerprint density at radius 1 is 1.43 bits per heavy atom. The summed E-state index contributed by atoms with van der Waals surface area (Å²) < 4.78 is 29.1. The summed E-state index contributed by atoms with van der Waals surface area (Å²) in [4.78, 5) is 4.17. The van der Waals surface area contributed by atoms with Crippen molar-refractivity contribution in [3.05, 3.63) is 23.2 Å². The number of aromatic nitrogens is 1. The van der Waals surface area contributed by atoms with Gasteiger partial charge in [0.1, 0.15) is 5.75 Å². The fourth-order valence-corrected chi connectivity index (χ4v) is 2.10. The van der Waals surface area contributed by atoms with Crippen molar-refractivity contribution in [2.75, 3.05) is 0 Å². The molecule has 0 spiro atoms. The predicted molar refractivity (Wildman–Crippen MR) is 51.0 cm³/mol.